The fraction of sp³-hybridized carbons (Fsp3) is 0.0732. The van der Waals surface area contributed by atoms with Crippen molar-refractivity contribution in [2.45, 2.75) is 17.8 Å². The van der Waals surface area contributed by atoms with Crippen molar-refractivity contribution in [3.05, 3.63) is 166 Å². The van der Waals surface area contributed by atoms with Crippen LogP contribution in [0.3, 0.4) is 0 Å². The summed E-state index contributed by atoms with van der Waals surface area (Å²) in [6, 6.07) is 47.4. The number of furan rings is 1. The zero-order valence-electron chi connectivity index (χ0n) is 23.0. The van der Waals surface area contributed by atoms with Gasteiger partial charge in [0.05, 0.1) is 5.41 Å². The molecule has 196 valence electrons. The average molecular weight is 535 g/mol. The Labute approximate surface area is 243 Å². The predicted molar refractivity (Wildman–Crippen MR) is 172 cm³/mol. The second-order valence-corrected chi connectivity index (χ2v) is 12.0. The molecule has 7 aromatic rings. The maximum absolute atomic E-state index is 6.37. The van der Waals surface area contributed by atoms with Gasteiger partial charge in [0.2, 0.25) is 0 Å². The van der Waals surface area contributed by atoms with Gasteiger partial charge in [-0.15, -0.1) is 0 Å². The van der Waals surface area contributed by atoms with Crippen molar-refractivity contribution >= 4 is 33.9 Å². The summed E-state index contributed by atoms with van der Waals surface area (Å²) in [6.07, 6.45) is 5.67. The molecule has 1 heterocycles. The minimum absolute atomic E-state index is 0.280. The molecule has 6 aromatic carbocycles. The van der Waals surface area contributed by atoms with Crippen LogP contribution in [0.1, 0.15) is 40.2 Å². The summed E-state index contributed by atoms with van der Waals surface area (Å²) in [5.41, 5.74) is 14.0. The van der Waals surface area contributed by atoms with Crippen molar-refractivity contribution in [3.8, 4) is 22.3 Å². The van der Waals surface area contributed by atoms with Gasteiger partial charge in [-0.2, -0.15) is 0 Å². The number of hydrogen-bond acceptors (Lipinski definition) is 1. The second-order valence-electron chi connectivity index (χ2n) is 12.0. The molecular weight excluding hydrogens is 508 g/mol. The topological polar surface area (TPSA) is 13.1 Å². The second kappa shape index (κ2) is 7.99. The molecule has 0 N–H and O–H groups in total. The summed E-state index contributed by atoms with van der Waals surface area (Å²) < 4.78 is 6.37. The van der Waals surface area contributed by atoms with Crippen LogP contribution in [-0.2, 0) is 5.41 Å². The van der Waals surface area contributed by atoms with Gasteiger partial charge >= 0.3 is 0 Å². The highest BCUT2D eigenvalue weighted by Gasteiger charge is 2.51. The Hall–Kier alpha value is -5.14. The lowest BCUT2D eigenvalue weighted by Gasteiger charge is -2.31. The minimum atomic E-state index is -0.306. The molecule has 1 heteroatoms. The van der Waals surface area contributed by atoms with Crippen LogP contribution in [0.15, 0.2) is 132 Å². The van der Waals surface area contributed by atoms with E-state index in [9.17, 15) is 0 Å². The highest BCUT2D eigenvalue weighted by Crippen LogP contribution is 2.62. The van der Waals surface area contributed by atoms with Gasteiger partial charge in [-0.3, -0.25) is 0 Å². The van der Waals surface area contributed by atoms with E-state index in [0.717, 1.165) is 17.4 Å². The molecule has 3 aliphatic carbocycles. The Kier molecular flexibility index (Phi) is 4.29. The van der Waals surface area contributed by atoms with Crippen molar-refractivity contribution < 1.29 is 4.42 Å². The van der Waals surface area contributed by atoms with Crippen LogP contribution in [0.2, 0.25) is 0 Å². The molecule has 10 rings (SSSR count). The van der Waals surface area contributed by atoms with Crippen LogP contribution in [0.25, 0.3) is 56.1 Å². The van der Waals surface area contributed by atoms with Gasteiger partial charge in [0.1, 0.15) is 11.0 Å². The summed E-state index contributed by atoms with van der Waals surface area (Å²) >= 11 is 0. The van der Waals surface area contributed by atoms with Crippen LogP contribution in [0.5, 0.6) is 0 Å². The monoisotopic (exact) mass is 534 g/mol. The lowest BCUT2D eigenvalue weighted by atomic mass is 9.70. The lowest BCUT2D eigenvalue weighted by molar-refractivity contribution is 0.570. The Morgan fingerprint density at radius 2 is 1.12 bits per heavy atom. The molecule has 1 unspecified atom stereocenters. The van der Waals surface area contributed by atoms with Gasteiger partial charge in [-0.25, -0.2) is 0 Å². The van der Waals surface area contributed by atoms with Gasteiger partial charge in [0, 0.05) is 16.5 Å². The fourth-order valence-electron chi connectivity index (χ4n) is 8.22. The molecular formula is C41H26O. The Morgan fingerprint density at radius 3 is 1.79 bits per heavy atom. The largest absolute Gasteiger partial charge is 0.456 e. The van der Waals surface area contributed by atoms with E-state index in [1.165, 1.54) is 71.4 Å². The van der Waals surface area contributed by atoms with Crippen LogP contribution in [0.4, 0.5) is 0 Å². The number of hydrogen-bond donors (Lipinski definition) is 0. The molecule has 1 spiro atoms. The average Bonchev–Trinajstić information content (AvgIpc) is 3.66. The number of rotatable bonds is 1. The lowest BCUT2D eigenvalue weighted by Crippen LogP contribution is -2.27. The van der Waals surface area contributed by atoms with E-state index < -0.39 is 0 Å². The molecule has 0 fully saturated rings. The molecule has 0 amide bonds. The first-order valence-corrected chi connectivity index (χ1v) is 14.9. The van der Waals surface area contributed by atoms with Crippen LogP contribution in [-0.4, -0.2) is 0 Å². The van der Waals surface area contributed by atoms with Crippen molar-refractivity contribution in [1.82, 2.24) is 0 Å². The fourth-order valence-corrected chi connectivity index (χ4v) is 8.22. The molecule has 3 aliphatic rings. The van der Waals surface area contributed by atoms with Crippen molar-refractivity contribution in [1.29, 1.82) is 0 Å². The standard InChI is InChI=1S/C41H26O/c1-2-10-26-24-40-34(21-25(26)9-1)33-22-27(18-20-39(33)42-40)28-17-19-32-31-13-5-8-16-37(31)41(38(32)23-28)35-14-6-3-11-29(35)30-12-4-7-15-36(30)41/h1-17,19-24,27H,18H2. The maximum Gasteiger partial charge on any atom is 0.136 e. The van der Waals surface area contributed by atoms with Crippen molar-refractivity contribution in [2.75, 3.05) is 0 Å². The maximum atomic E-state index is 6.37. The SMILES string of the molecule is C1=c2oc3cc4ccccc4cc3c2=CC(c2ccc3c(c2)C2(c4ccccc4-c4ccccc42)c2ccccc2-3)C1. The zero-order valence-corrected chi connectivity index (χ0v) is 23.0. The third kappa shape index (κ3) is 2.74. The summed E-state index contributed by atoms with van der Waals surface area (Å²) in [6.45, 7) is 0. The molecule has 1 atom stereocenters. The highest BCUT2D eigenvalue weighted by molar-refractivity contribution is 5.97. The van der Waals surface area contributed by atoms with Gasteiger partial charge in [-0.1, -0.05) is 121 Å². The normalized spacial score (nSPS) is 16.8. The molecule has 1 nitrogen and oxygen atoms in total. The van der Waals surface area contributed by atoms with Crippen LogP contribution >= 0.6 is 0 Å². The Morgan fingerprint density at radius 1 is 0.548 bits per heavy atom. The summed E-state index contributed by atoms with van der Waals surface area (Å²) in [4.78, 5) is 0. The third-order valence-electron chi connectivity index (χ3n) is 10.00. The van der Waals surface area contributed by atoms with E-state index in [1.54, 1.807) is 0 Å². The molecule has 0 saturated heterocycles. The summed E-state index contributed by atoms with van der Waals surface area (Å²) in [5.74, 6) is 0.280. The Bertz CT molecular complexity index is 2340. The third-order valence-corrected chi connectivity index (χ3v) is 10.00. The van der Waals surface area contributed by atoms with E-state index in [1.807, 2.05) is 0 Å². The summed E-state index contributed by atoms with van der Waals surface area (Å²) in [5, 5.41) is 4.89. The molecule has 42 heavy (non-hydrogen) atoms. The van der Waals surface area contributed by atoms with Crippen LogP contribution in [0, 0.1) is 0 Å². The molecule has 0 aliphatic heterocycles. The zero-order chi connectivity index (χ0) is 27.4. The number of fused-ring (bicyclic) bond motifs is 14. The first kappa shape index (κ1) is 22.5. The van der Waals surface area contributed by atoms with E-state index in [0.29, 0.717) is 0 Å². The predicted octanol–water partition coefficient (Wildman–Crippen LogP) is 8.68. The first-order valence-electron chi connectivity index (χ1n) is 14.9. The van der Waals surface area contributed by atoms with E-state index in [2.05, 4.69) is 140 Å². The Balaban J connectivity index is 1.22. The summed E-state index contributed by atoms with van der Waals surface area (Å²) in [7, 11) is 0. The smallest absolute Gasteiger partial charge is 0.136 e. The van der Waals surface area contributed by atoms with Crippen molar-refractivity contribution in [3.63, 3.8) is 0 Å². The van der Waals surface area contributed by atoms with Crippen LogP contribution < -0.4 is 10.6 Å². The minimum Gasteiger partial charge on any atom is -0.456 e. The van der Waals surface area contributed by atoms with E-state index in [4.69, 9.17) is 4.42 Å². The number of benzene rings is 6. The van der Waals surface area contributed by atoms with E-state index in [-0.39, 0.29) is 11.3 Å². The molecule has 0 saturated carbocycles. The molecule has 0 bridgehead atoms. The quantitative estimate of drug-likeness (QED) is 0.205. The first-order chi connectivity index (χ1) is 20.8. The van der Waals surface area contributed by atoms with E-state index >= 15 is 0 Å². The van der Waals surface area contributed by atoms with Gasteiger partial charge in [0.25, 0.3) is 0 Å². The van der Waals surface area contributed by atoms with Gasteiger partial charge < -0.3 is 4.42 Å². The molecule has 1 aromatic heterocycles. The highest BCUT2D eigenvalue weighted by atomic mass is 16.3. The van der Waals surface area contributed by atoms with Gasteiger partial charge in [-0.05, 0) is 85.5 Å². The molecule has 0 radical (unpaired) electrons. The van der Waals surface area contributed by atoms with Gasteiger partial charge in [0.15, 0.2) is 0 Å². The van der Waals surface area contributed by atoms with Crippen molar-refractivity contribution in [2.24, 2.45) is 0 Å².